The fraction of sp³-hybridized carbons (Fsp3) is 0.625. The van der Waals surface area contributed by atoms with Crippen LogP contribution in [0, 0.1) is 11.8 Å². The maximum atomic E-state index is 10.8. The van der Waals surface area contributed by atoms with Gasteiger partial charge in [0.2, 0.25) is 0 Å². The van der Waals surface area contributed by atoms with Crippen molar-refractivity contribution in [1.29, 1.82) is 0 Å². The highest BCUT2D eigenvalue weighted by Gasteiger charge is 2.45. The van der Waals surface area contributed by atoms with Crippen molar-refractivity contribution in [2.24, 2.45) is 11.8 Å². The Bertz CT molecular complexity index is 730. The van der Waals surface area contributed by atoms with E-state index in [0.717, 1.165) is 24.3 Å². The first-order chi connectivity index (χ1) is 14.3. The van der Waals surface area contributed by atoms with Gasteiger partial charge in [-0.25, -0.2) is 4.79 Å². The predicted molar refractivity (Wildman–Crippen MR) is 116 cm³/mol. The minimum Gasteiger partial charge on any atom is -0.477 e. The zero-order chi connectivity index (χ0) is 21.7. The van der Waals surface area contributed by atoms with E-state index < -0.39 is 11.8 Å². The summed E-state index contributed by atoms with van der Waals surface area (Å²) in [4.78, 5) is 10.8. The van der Waals surface area contributed by atoms with Crippen LogP contribution in [0.25, 0.3) is 0 Å². The van der Waals surface area contributed by atoms with Gasteiger partial charge in [0.05, 0.1) is 12.2 Å². The molecule has 1 saturated carbocycles. The molecule has 0 amide bonds. The van der Waals surface area contributed by atoms with Crippen molar-refractivity contribution in [1.82, 2.24) is 0 Å². The molecule has 1 heterocycles. The van der Waals surface area contributed by atoms with Gasteiger partial charge in [-0.1, -0.05) is 48.7 Å². The molecule has 1 saturated heterocycles. The van der Waals surface area contributed by atoms with Crippen LogP contribution in [0.5, 0.6) is 0 Å². The fourth-order valence-corrected chi connectivity index (χ4v) is 4.83. The zero-order valence-electron chi connectivity index (χ0n) is 17.4. The molecule has 1 aliphatic heterocycles. The molecule has 0 bridgehead atoms. The van der Waals surface area contributed by atoms with Gasteiger partial charge < -0.3 is 20.1 Å². The Kier molecular flexibility index (Phi) is 7.97. The third-order valence-electron chi connectivity index (χ3n) is 6.68. The number of aliphatic carboxylic acids is 1. The maximum absolute atomic E-state index is 10.8. The van der Waals surface area contributed by atoms with Crippen molar-refractivity contribution in [3.05, 3.63) is 47.0 Å². The molecule has 5 nitrogen and oxygen atoms in total. The number of carbonyl (C=O) groups is 1. The molecule has 3 N–H and O–H groups in total. The third kappa shape index (κ3) is 6.55. The summed E-state index contributed by atoms with van der Waals surface area (Å²) in [5.41, 5.74) is 2.64. The number of halogens is 1. The molecule has 1 aromatic rings. The molecule has 0 spiro atoms. The number of aliphatic hydroxyl groups is 2. The molecule has 6 heteroatoms. The van der Waals surface area contributed by atoms with E-state index in [1.54, 1.807) is 0 Å². The summed E-state index contributed by atoms with van der Waals surface area (Å²) >= 11 is 5.93. The first-order valence-electron chi connectivity index (χ1n) is 11.0. The van der Waals surface area contributed by atoms with Crippen molar-refractivity contribution in [3.8, 4) is 0 Å². The maximum Gasteiger partial charge on any atom is 0.364 e. The van der Waals surface area contributed by atoms with E-state index in [9.17, 15) is 15.0 Å². The Balaban J connectivity index is 1.34. The van der Waals surface area contributed by atoms with Crippen LogP contribution in [-0.4, -0.2) is 39.3 Å². The van der Waals surface area contributed by atoms with E-state index in [1.807, 2.05) is 12.1 Å². The number of ether oxygens (including phenoxy) is 1. The number of hydrogen-bond acceptors (Lipinski definition) is 4. The second-order valence-corrected chi connectivity index (χ2v) is 9.33. The van der Waals surface area contributed by atoms with Gasteiger partial charge in [0.15, 0.2) is 0 Å². The Morgan fingerprint density at radius 1 is 1.13 bits per heavy atom. The van der Waals surface area contributed by atoms with Gasteiger partial charge in [-0.3, -0.25) is 0 Å². The van der Waals surface area contributed by atoms with Crippen molar-refractivity contribution < 1.29 is 24.9 Å². The highest BCUT2D eigenvalue weighted by atomic mass is 35.5. The van der Waals surface area contributed by atoms with E-state index in [2.05, 4.69) is 18.7 Å². The average Bonchev–Trinajstić information content (AvgIpc) is 3.37. The van der Waals surface area contributed by atoms with Gasteiger partial charge in [-0.05, 0) is 74.5 Å². The summed E-state index contributed by atoms with van der Waals surface area (Å²) in [6.45, 7) is 4.27. The Labute approximate surface area is 183 Å². The lowest BCUT2D eigenvalue weighted by Crippen LogP contribution is -2.38. The van der Waals surface area contributed by atoms with Crippen molar-refractivity contribution in [2.45, 2.75) is 82.2 Å². The van der Waals surface area contributed by atoms with E-state index in [-0.39, 0.29) is 18.6 Å². The predicted octanol–water partition coefficient (Wildman–Crippen LogP) is 4.73. The second-order valence-electron chi connectivity index (χ2n) is 8.90. The lowest BCUT2D eigenvalue weighted by molar-refractivity contribution is -0.205. The van der Waals surface area contributed by atoms with Crippen molar-refractivity contribution in [3.63, 3.8) is 0 Å². The molecule has 1 aliphatic carbocycles. The quantitative estimate of drug-likeness (QED) is 0.191. The van der Waals surface area contributed by atoms with E-state index in [4.69, 9.17) is 21.4 Å². The van der Waals surface area contributed by atoms with Crippen LogP contribution in [0.4, 0.5) is 0 Å². The van der Waals surface area contributed by atoms with Crippen LogP contribution in [0.15, 0.2) is 36.4 Å². The zero-order valence-corrected chi connectivity index (χ0v) is 18.2. The number of aryl methyl sites for hydroxylation is 1. The number of unbranched alkanes of at least 4 members (excludes halogenated alkanes) is 2. The average molecular weight is 437 g/mol. The summed E-state index contributed by atoms with van der Waals surface area (Å²) in [5.74, 6) is -3.17. The SMILES string of the molecule is C=C1CC[C@H](CCCCCc2ccc(Cl)cc2)[C@H]1C[C@H]1OC1CCC(O)(O)C(=O)O. The monoisotopic (exact) mass is 436 g/mol. The molecule has 3 rings (SSSR count). The van der Waals surface area contributed by atoms with Gasteiger partial charge in [0.25, 0.3) is 5.79 Å². The highest BCUT2D eigenvalue weighted by Crippen LogP contribution is 2.45. The number of epoxide rings is 1. The molecular weight excluding hydrogens is 404 g/mol. The highest BCUT2D eigenvalue weighted by molar-refractivity contribution is 6.30. The number of benzene rings is 1. The van der Waals surface area contributed by atoms with Crippen molar-refractivity contribution >= 4 is 17.6 Å². The summed E-state index contributed by atoms with van der Waals surface area (Å²) in [6.07, 6.45) is 9.22. The Morgan fingerprint density at radius 3 is 2.57 bits per heavy atom. The fourth-order valence-electron chi connectivity index (χ4n) is 4.70. The minimum atomic E-state index is -2.66. The van der Waals surface area contributed by atoms with Crippen LogP contribution in [-0.2, 0) is 16.0 Å². The van der Waals surface area contributed by atoms with Crippen molar-refractivity contribution in [2.75, 3.05) is 0 Å². The van der Waals surface area contributed by atoms with Gasteiger partial charge in [-0.15, -0.1) is 0 Å². The van der Waals surface area contributed by atoms with Crippen LogP contribution < -0.4 is 0 Å². The number of hydrogen-bond donors (Lipinski definition) is 3. The molecule has 4 atom stereocenters. The third-order valence-corrected chi connectivity index (χ3v) is 6.93. The van der Waals surface area contributed by atoms with Gasteiger partial charge in [0, 0.05) is 11.4 Å². The van der Waals surface area contributed by atoms with E-state index in [0.29, 0.717) is 18.3 Å². The van der Waals surface area contributed by atoms with Gasteiger partial charge in [0.1, 0.15) is 0 Å². The first-order valence-corrected chi connectivity index (χ1v) is 11.4. The smallest absolute Gasteiger partial charge is 0.364 e. The number of carboxylic acid groups (broad SMARTS) is 1. The minimum absolute atomic E-state index is 0.0727. The number of carboxylic acids is 1. The molecule has 1 unspecified atom stereocenters. The van der Waals surface area contributed by atoms with E-state index >= 15 is 0 Å². The number of allylic oxidation sites excluding steroid dienone is 1. The molecule has 166 valence electrons. The molecule has 2 fully saturated rings. The molecule has 0 aromatic heterocycles. The Hall–Kier alpha value is -1.40. The second kappa shape index (κ2) is 10.3. The first kappa shape index (κ1) is 23.3. The summed E-state index contributed by atoms with van der Waals surface area (Å²) in [6, 6.07) is 8.09. The molecule has 30 heavy (non-hydrogen) atoms. The lowest BCUT2D eigenvalue weighted by atomic mass is 9.85. The molecule has 0 radical (unpaired) electrons. The van der Waals surface area contributed by atoms with Gasteiger partial charge in [-0.2, -0.15) is 0 Å². The normalized spacial score (nSPS) is 26.2. The summed E-state index contributed by atoms with van der Waals surface area (Å²) in [7, 11) is 0. The van der Waals surface area contributed by atoms with Gasteiger partial charge >= 0.3 is 5.97 Å². The topological polar surface area (TPSA) is 90.3 Å². The van der Waals surface area contributed by atoms with E-state index in [1.165, 1.54) is 43.2 Å². The molecular formula is C24H33ClO5. The molecule has 1 aromatic carbocycles. The van der Waals surface area contributed by atoms with Crippen LogP contribution >= 0.6 is 11.6 Å². The summed E-state index contributed by atoms with van der Waals surface area (Å²) in [5, 5.41) is 28.4. The van der Waals surface area contributed by atoms with Crippen LogP contribution in [0.3, 0.4) is 0 Å². The summed E-state index contributed by atoms with van der Waals surface area (Å²) < 4.78 is 5.69. The lowest BCUT2D eigenvalue weighted by Gasteiger charge is -2.20. The van der Waals surface area contributed by atoms with Crippen LogP contribution in [0.2, 0.25) is 5.02 Å². The standard InChI is InChI=1S/C24H33ClO5/c1-16-7-10-18(6-4-2-3-5-17-8-11-19(25)12-9-17)20(16)15-22-21(30-22)13-14-24(28,29)23(26)27/h8-9,11-12,18,20-22,28-29H,1-7,10,13-15H2,(H,26,27)/t18-,20-,21?,22+/m0/s1. The van der Waals surface area contributed by atoms with Crippen LogP contribution in [0.1, 0.15) is 63.4 Å². The Morgan fingerprint density at radius 2 is 1.87 bits per heavy atom. The largest absolute Gasteiger partial charge is 0.477 e. The number of rotatable bonds is 12. The molecule has 2 aliphatic rings.